The number of morpholine rings is 1. The molecule has 1 aromatic carbocycles. The molecule has 5 heteroatoms. The number of hydrogen-bond donors (Lipinski definition) is 2. The Bertz CT molecular complexity index is 435. The van der Waals surface area contributed by atoms with Crippen LogP contribution in [0.1, 0.15) is 17.2 Å². The zero-order valence-electron chi connectivity index (χ0n) is 11.6. The lowest BCUT2D eigenvalue weighted by molar-refractivity contribution is 0.0380. The molecule has 2 rings (SSSR count). The highest BCUT2D eigenvalue weighted by Gasteiger charge is 2.10. The quantitative estimate of drug-likeness (QED) is 0.741. The number of aliphatic hydroxyl groups is 1. The molecular weight excluding hydrogens is 254 g/mol. The molecule has 2 N–H and O–H groups in total. The Kier molecular flexibility index (Phi) is 5.96. The summed E-state index contributed by atoms with van der Waals surface area (Å²) in [6, 6.07) is 9.12. The fourth-order valence-electron chi connectivity index (χ4n) is 2.20. The Morgan fingerprint density at radius 1 is 1.30 bits per heavy atom. The van der Waals surface area contributed by atoms with Crippen LogP contribution in [0.3, 0.4) is 0 Å². The number of benzene rings is 1. The summed E-state index contributed by atoms with van der Waals surface area (Å²) in [5.74, 6) is 0. The summed E-state index contributed by atoms with van der Waals surface area (Å²) in [6.07, 6.45) is -0.535. The van der Waals surface area contributed by atoms with Crippen LogP contribution in [-0.4, -0.2) is 55.9 Å². The van der Waals surface area contributed by atoms with Crippen molar-refractivity contribution in [2.24, 2.45) is 0 Å². The van der Waals surface area contributed by atoms with Crippen molar-refractivity contribution in [3.05, 3.63) is 35.4 Å². The van der Waals surface area contributed by atoms with Gasteiger partial charge in [-0.2, -0.15) is 5.26 Å². The molecule has 0 bridgehead atoms. The van der Waals surface area contributed by atoms with E-state index in [4.69, 9.17) is 10.00 Å². The molecule has 1 heterocycles. The van der Waals surface area contributed by atoms with Gasteiger partial charge in [0.2, 0.25) is 0 Å². The van der Waals surface area contributed by atoms with E-state index >= 15 is 0 Å². The van der Waals surface area contributed by atoms with E-state index in [1.807, 2.05) is 0 Å². The molecule has 20 heavy (non-hydrogen) atoms. The highest BCUT2D eigenvalue weighted by Crippen LogP contribution is 2.12. The molecule has 0 aliphatic carbocycles. The lowest BCUT2D eigenvalue weighted by Crippen LogP contribution is -2.40. The van der Waals surface area contributed by atoms with Gasteiger partial charge < -0.3 is 15.2 Å². The fourth-order valence-corrected chi connectivity index (χ4v) is 2.20. The summed E-state index contributed by atoms with van der Waals surface area (Å²) in [4.78, 5) is 2.35. The first-order valence-corrected chi connectivity index (χ1v) is 6.98. The van der Waals surface area contributed by atoms with Crippen molar-refractivity contribution in [2.45, 2.75) is 6.10 Å². The summed E-state index contributed by atoms with van der Waals surface area (Å²) < 4.78 is 5.30. The van der Waals surface area contributed by atoms with Crippen LogP contribution >= 0.6 is 0 Å². The normalized spacial score (nSPS) is 17.6. The Morgan fingerprint density at radius 3 is 2.65 bits per heavy atom. The van der Waals surface area contributed by atoms with E-state index in [-0.39, 0.29) is 0 Å². The minimum Gasteiger partial charge on any atom is -0.387 e. The van der Waals surface area contributed by atoms with Crippen molar-refractivity contribution in [1.82, 2.24) is 10.2 Å². The summed E-state index contributed by atoms with van der Waals surface area (Å²) in [5.41, 5.74) is 1.45. The van der Waals surface area contributed by atoms with Gasteiger partial charge in [-0.25, -0.2) is 0 Å². The second-order valence-corrected chi connectivity index (χ2v) is 4.91. The molecule has 5 nitrogen and oxygen atoms in total. The van der Waals surface area contributed by atoms with Gasteiger partial charge in [0.1, 0.15) is 0 Å². The van der Waals surface area contributed by atoms with Gasteiger partial charge in [0, 0.05) is 32.7 Å². The van der Waals surface area contributed by atoms with Gasteiger partial charge in [-0.05, 0) is 17.7 Å². The van der Waals surface area contributed by atoms with Gasteiger partial charge in [0.05, 0.1) is 31.0 Å². The minimum atomic E-state index is -0.535. The van der Waals surface area contributed by atoms with Crippen LogP contribution in [-0.2, 0) is 4.74 Å². The Balaban J connectivity index is 1.66. The van der Waals surface area contributed by atoms with Crippen LogP contribution in [0, 0.1) is 11.3 Å². The van der Waals surface area contributed by atoms with Crippen molar-refractivity contribution < 1.29 is 9.84 Å². The van der Waals surface area contributed by atoms with E-state index < -0.39 is 6.10 Å². The molecule has 0 aromatic heterocycles. The molecule has 0 radical (unpaired) electrons. The third-order valence-electron chi connectivity index (χ3n) is 3.47. The van der Waals surface area contributed by atoms with Gasteiger partial charge >= 0.3 is 0 Å². The number of ether oxygens (including phenoxy) is 1. The molecule has 1 aromatic rings. The van der Waals surface area contributed by atoms with Crippen LogP contribution in [0.5, 0.6) is 0 Å². The summed E-state index contributed by atoms with van der Waals surface area (Å²) >= 11 is 0. The lowest BCUT2D eigenvalue weighted by atomic mass is 10.1. The number of aliphatic hydroxyl groups excluding tert-OH is 1. The standard InChI is InChI=1S/C15H21N3O2/c16-11-13-1-3-14(4-2-13)15(19)12-17-5-6-18-7-9-20-10-8-18/h1-4,15,17,19H,5-10,12H2. The van der Waals surface area contributed by atoms with Crippen molar-refractivity contribution >= 4 is 0 Å². The first-order chi connectivity index (χ1) is 9.79. The van der Waals surface area contributed by atoms with Gasteiger partial charge in [0.25, 0.3) is 0 Å². The van der Waals surface area contributed by atoms with Crippen LogP contribution in [0.15, 0.2) is 24.3 Å². The van der Waals surface area contributed by atoms with Crippen molar-refractivity contribution in [2.75, 3.05) is 45.9 Å². The number of nitrogens with zero attached hydrogens (tertiary/aromatic N) is 2. The van der Waals surface area contributed by atoms with Gasteiger partial charge in [-0.3, -0.25) is 4.90 Å². The maximum atomic E-state index is 10.0. The molecule has 1 aliphatic heterocycles. The second kappa shape index (κ2) is 7.98. The average molecular weight is 275 g/mol. The van der Waals surface area contributed by atoms with E-state index in [1.54, 1.807) is 24.3 Å². The molecular formula is C15H21N3O2. The molecule has 1 fully saturated rings. The van der Waals surface area contributed by atoms with Crippen molar-refractivity contribution in [3.63, 3.8) is 0 Å². The topological polar surface area (TPSA) is 68.5 Å². The average Bonchev–Trinajstić information content (AvgIpc) is 2.52. The fraction of sp³-hybridized carbons (Fsp3) is 0.533. The van der Waals surface area contributed by atoms with E-state index in [0.717, 1.165) is 45.0 Å². The van der Waals surface area contributed by atoms with Gasteiger partial charge in [0.15, 0.2) is 0 Å². The van der Waals surface area contributed by atoms with Crippen molar-refractivity contribution in [3.8, 4) is 6.07 Å². The third kappa shape index (κ3) is 4.58. The molecule has 0 spiro atoms. The van der Waals surface area contributed by atoms with Crippen LogP contribution < -0.4 is 5.32 Å². The summed E-state index contributed by atoms with van der Waals surface area (Å²) in [7, 11) is 0. The van der Waals surface area contributed by atoms with E-state index in [9.17, 15) is 5.11 Å². The third-order valence-corrected chi connectivity index (χ3v) is 3.47. The monoisotopic (exact) mass is 275 g/mol. The smallest absolute Gasteiger partial charge is 0.0991 e. The molecule has 108 valence electrons. The maximum absolute atomic E-state index is 10.0. The van der Waals surface area contributed by atoms with Crippen LogP contribution in [0.4, 0.5) is 0 Å². The number of rotatable bonds is 6. The predicted octanol–water partition coefficient (Wildman–Crippen LogP) is 0.513. The largest absolute Gasteiger partial charge is 0.387 e. The molecule has 0 saturated carbocycles. The van der Waals surface area contributed by atoms with E-state index in [0.29, 0.717) is 12.1 Å². The highest BCUT2D eigenvalue weighted by atomic mass is 16.5. The Morgan fingerprint density at radius 2 is 2.00 bits per heavy atom. The zero-order valence-corrected chi connectivity index (χ0v) is 11.6. The first-order valence-electron chi connectivity index (χ1n) is 6.98. The van der Waals surface area contributed by atoms with Gasteiger partial charge in [-0.1, -0.05) is 12.1 Å². The molecule has 1 aliphatic rings. The molecule has 1 unspecified atom stereocenters. The molecule has 1 atom stereocenters. The summed E-state index contributed by atoms with van der Waals surface area (Å²) in [6.45, 7) is 5.95. The van der Waals surface area contributed by atoms with Crippen LogP contribution in [0.25, 0.3) is 0 Å². The number of nitriles is 1. The number of nitrogens with one attached hydrogen (secondary N) is 1. The lowest BCUT2D eigenvalue weighted by Gasteiger charge is -2.26. The minimum absolute atomic E-state index is 0.524. The predicted molar refractivity (Wildman–Crippen MR) is 76.2 cm³/mol. The summed E-state index contributed by atoms with van der Waals surface area (Å²) in [5, 5.41) is 22.0. The molecule has 1 saturated heterocycles. The maximum Gasteiger partial charge on any atom is 0.0991 e. The van der Waals surface area contributed by atoms with E-state index in [2.05, 4.69) is 16.3 Å². The van der Waals surface area contributed by atoms with Crippen LogP contribution in [0.2, 0.25) is 0 Å². The highest BCUT2D eigenvalue weighted by molar-refractivity contribution is 5.32. The van der Waals surface area contributed by atoms with E-state index in [1.165, 1.54) is 0 Å². The second-order valence-electron chi connectivity index (χ2n) is 4.91. The zero-order chi connectivity index (χ0) is 14.2. The van der Waals surface area contributed by atoms with Gasteiger partial charge in [-0.15, -0.1) is 0 Å². The Hall–Kier alpha value is -1.45. The SMILES string of the molecule is N#Cc1ccc(C(O)CNCCN2CCOCC2)cc1. The molecule has 0 amide bonds. The van der Waals surface area contributed by atoms with Crippen molar-refractivity contribution in [1.29, 1.82) is 5.26 Å². The Labute approximate surface area is 119 Å². The number of hydrogen-bond acceptors (Lipinski definition) is 5. The first kappa shape index (κ1) is 14.9.